The van der Waals surface area contributed by atoms with Crippen LogP contribution < -0.4 is 5.73 Å². The maximum atomic E-state index is 10.3. The molecule has 3 heteroatoms. The molecule has 0 radical (unpaired) electrons. The smallest absolute Gasteiger partial charge is 0.0916 e. The molecule has 0 bridgehead atoms. The van der Waals surface area contributed by atoms with Crippen LogP contribution in [-0.2, 0) is 6.54 Å². The topological polar surface area (TPSA) is 49.5 Å². The van der Waals surface area contributed by atoms with E-state index in [1.54, 1.807) is 0 Å². The number of nitrogens with zero attached hydrogens (tertiary/aromatic N) is 1. The molecular formula is C17H22N2O. The van der Waals surface area contributed by atoms with Crippen molar-refractivity contribution in [2.24, 2.45) is 0 Å². The van der Waals surface area contributed by atoms with Gasteiger partial charge in [-0.15, -0.1) is 0 Å². The third kappa shape index (κ3) is 3.83. The van der Waals surface area contributed by atoms with Crippen LogP contribution in [0.4, 0.5) is 5.69 Å². The first-order valence-electron chi connectivity index (χ1n) is 6.83. The SMILES string of the molecule is Cc1ccc([C@@H](O)CN(C)Cc2ccccc2N)cc1. The van der Waals surface area contributed by atoms with E-state index in [0.29, 0.717) is 6.54 Å². The van der Waals surface area contributed by atoms with Crippen molar-refractivity contribution in [1.82, 2.24) is 4.90 Å². The molecule has 2 aromatic rings. The summed E-state index contributed by atoms with van der Waals surface area (Å²) >= 11 is 0. The van der Waals surface area contributed by atoms with Gasteiger partial charge in [0.05, 0.1) is 6.10 Å². The number of rotatable bonds is 5. The summed E-state index contributed by atoms with van der Waals surface area (Å²) < 4.78 is 0. The number of para-hydroxylation sites is 1. The van der Waals surface area contributed by atoms with E-state index in [4.69, 9.17) is 5.73 Å². The lowest BCUT2D eigenvalue weighted by atomic mass is 10.1. The molecule has 0 aliphatic heterocycles. The monoisotopic (exact) mass is 270 g/mol. The maximum absolute atomic E-state index is 10.3. The Morgan fingerprint density at radius 1 is 1.10 bits per heavy atom. The van der Waals surface area contributed by atoms with E-state index in [1.165, 1.54) is 5.56 Å². The summed E-state index contributed by atoms with van der Waals surface area (Å²) in [5, 5.41) is 10.3. The highest BCUT2D eigenvalue weighted by Gasteiger charge is 2.11. The maximum Gasteiger partial charge on any atom is 0.0916 e. The first-order valence-corrected chi connectivity index (χ1v) is 6.83. The van der Waals surface area contributed by atoms with Gasteiger partial charge in [-0.25, -0.2) is 0 Å². The molecule has 106 valence electrons. The van der Waals surface area contributed by atoms with E-state index < -0.39 is 6.10 Å². The van der Waals surface area contributed by atoms with Gasteiger partial charge in [-0.05, 0) is 31.2 Å². The molecule has 3 nitrogen and oxygen atoms in total. The first-order chi connectivity index (χ1) is 9.56. The van der Waals surface area contributed by atoms with Crippen LogP contribution in [0.2, 0.25) is 0 Å². The number of benzene rings is 2. The van der Waals surface area contributed by atoms with Gasteiger partial charge in [0.2, 0.25) is 0 Å². The molecule has 1 atom stereocenters. The van der Waals surface area contributed by atoms with E-state index in [0.717, 1.165) is 23.4 Å². The quantitative estimate of drug-likeness (QED) is 0.821. The van der Waals surface area contributed by atoms with Crippen LogP contribution in [0.25, 0.3) is 0 Å². The van der Waals surface area contributed by atoms with Crippen molar-refractivity contribution >= 4 is 5.69 Å². The normalized spacial score (nSPS) is 12.6. The molecule has 0 amide bonds. The molecule has 0 aromatic heterocycles. The number of aliphatic hydroxyl groups excluding tert-OH is 1. The fourth-order valence-corrected chi connectivity index (χ4v) is 2.22. The molecule has 0 saturated carbocycles. The van der Waals surface area contributed by atoms with Crippen molar-refractivity contribution in [3.63, 3.8) is 0 Å². The largest absolute Gasteiger partial charge is 0.398 e. The van der Waals surface area contributed by atoms with E-state index in [1.807, 2.05) is 62.5 Å². The summed E-state index contributed by atoms with van der Waals surface area (Å²) in [6, 6.07) is 15.8. The fraction of sp³-hybridized carbons (Fsp3) is 0.294. The first kappa shape index (κ1) is 14.6. The summed E-state index contributed by atoms with van der Waals surface area (Å²) in [5.41, 5.74) is 9.97. The minimum atomic E-state index is -0.481. The van der Waals surface area contributed by atoms with Gasteiger partial charge in [0.25, 0.3) is 0 Å². The van der Waals surface area contributed by atoms with Crippen molar-refractivity contribution in [3.05, 3.63) is 65.2 Å². The predicted molar refractivity (Wildman–Crippen MR) is 83.3 cm³/mol. The summed E-state index contributed by atoms with van der Waals surface area (Å²) in [6.07, 6.45) is -0.481. The van der Waals surface area contributed by atoms with Gasteiger partial charge >= 0.3 is 0 Å². The Hall–Kier alpha value is -1.84. The molecule has 2 rings (SSSR count). The molecule has 0 unspecified atom stereocenters. The lowest BCUT2D eigenvalue weighted by Crippen LogP contribution is -2.24. The Morgan fingerprint density at radius 2 is 1.75 bits per heavy atom. The average Bonchev–Trinajstić information content (AvgIpc) is 2.42. The van der Waals surface area contributed by atoms with E-state index in [2.05, 4.69) is 4.90 Å². The third-order valence-corrected chi connectivity index (χ3v) is 3.44. The Morgan fingerprint density at radius 3 is 2.40 bits per heavy atom. The van der Waals surface area contributed by atoms with E-state index in [9.17, 15) is 5.11 Å². The number of anilines is 1. The second kappa shape index (κ2) is 6.55. The fourth-order valence-electron chi connectivity index (χ4n) is 2.22. The van der Waals surface area contributed by atoms with Crippen molar-refractivity contribution in [1.29, 1.82) is 0 Å². The van der Waals surface area contributed by atoms with Gasteiger partial charge in [-0.1, -0.05) is 48.0 Å². The zero-order chi connectivity index (χ0) is 14.5. The Balaban J connectivity index is 1.96. The molecule has 0 fully saturated rings. The number of likely N-dealkylation sites (N-methyl/N-ethyl adjacent to an activating group) is 1. The van der Waals surface area contributed by atoms with Gasteiger partial charge in [-0.3, -0.25) is 4.90 Å². The number of aryl methyl sites for hydroxylation is 1. The molecular weight excluding hydrogens is 248 g/mol. The Kier molecular flexibility index (Phi) is 4.77. The average molecular weight is 270 g/mol. The molecule has 0 heterocycles. The number of hydrogen-bond acceptors (Lipinski definition) is 3. The number of aliphatic hydroxyl groups is 1. The Bertz CT molecular complexity index is 551. The number of hydrogen-bond donors (Lipinski definition) is 2. The van der Waals surface area contributed by atoms with E-state index >= 15 is 0 Å². The highest BCUT2D eigenvalue weighted by molar-refractivity contribution is 5.46. The lowest BCUT2D eigenvalue weighted by molar-refractivity contribution is 0.124. The minimum Gasteiger partial charge on any atom is -0.398 e. The number of nitrogen functional groups attached to an aromatic ring is 1. The summed E-state index contributed by atoms with van der Waals surface area (Å²) in [7, 11) is 1.99. The van der Waals surface area contributed by atoms with Crippen LogP contribution in [-0.4, -0.2) is 23.6 Å². The van der Waals surface area contributed by atoms with Crippen molar-refractivity contribution in [2.45, 2.75) is 19.6 Å². The molecule has 0 aliphatic carbocycles. The van der Waals surface area contributed by atoms with E-state index in [-0.39, 0.29) is 0 Å². The molecule has 0 saturated heterocycles. The molecule has 20 heavy (non-hydrogen) atoms. The van der Waals surface area contributed by atoms with Crippen LogP contribution in [0.3, 0.4) is 0 Å². The van der Waals surface area contributed by atoms with Gasteiger partial charge in [0.1, 0.15) is 0 Å². The second-order valence-electron chi connectivity index (χ2n) is 5.32. The van der Waals surface area contributed by atoms with Crippen LogP contribution in [0.15, 0.2) is 48.5 Å². The summed E-state index contributed by atoms with van der Waals surface area (Å²) in [4.78, 5) is 2.08. The van der Waals surface area contributed by atoms with Crippen molar-refractivity contribution in [3.8, 4) is 0 Å². The van der Waals surface area contributed by atoms with Gasteiger partial charge in [0, 0.05) is 18.8 Å². The minimum absolute atomic E-state index is 0.481. The lowest BCUT2D eigenvalue weighted by Gasteiger charge is -2.21. The van der Waals surface area contributed by atoms with Gasteiger partial charge < -0.3 is 10.8 Å². The zero-order valence-electron chi connectivity index (χ0n) is 12.1. The van der Waals surface area contributed by atoms with Crippen molar-refractivity contribution < 1.29 is 5.11 Å². The summed E-state index contributed by atoms with van der Waals surface area (Å²) in [5.74, 6) is 0. The molecule has 0 spiro atoms. The van der Waals surface area contributed by atoms with Gasteiger partial charge in [0.15, 0.2) is 0 Å². The Labute approximate surface area is 120 Å². The second-order valence-corrected chi connectivity index (χ2v) is 5.32. The van der Waals surface area contributed by atoms with Crippen LogP contribution in [0.1, 0.15) is 22.8 Å². The molecule has 2 aromatic carbocycles. The van der Waals surface area contributed by atoms with Crippen LogP contribution >= 0.6 is 0 Å². The number of nitrogens with two attached hydrogens (primary N) is 1. The zero-order valence-corrected chi connectivity index (χ0v) is 12.1. The predicted octanol–water partition coefficient (Wildman–Crippen LogP) is 2.74. The highest BCUT2D eigenvalue weighted by Crippen LogP contribution is 2.17. The van der Waals surface area contributed by atoms with Crippen LogP contribution in [0.5, 0.6) is 0 Å². The standard InChI is InChI=1S/C17H22N2O/c1-13-7-9-14(10-8-13)17(20)12-19(2)11-15-5-3-4-6-16(15)18/h3-10,17,20H,11-12,18H2,1-2H3/t17-/m0/s1. The van der Waals surface area contributed by atoms with Crippen LogP contribution in [0, 0.1) is 6.92 Å². The van der Waals surface area contributed by atoms with Gasteiger partial charge in [-0.2, -0.15) is 0 Å². The highest BCUT2D eigenvalue weighted by atomic mass is 16.3. The van der Waals surface area contributed by atoms with Crippen molar-refractivity contribution in [2.75, 3.05) is 19.3 Å². The molecule has 0 aliphatic rings. The molecule has 3 N–H and O–H groups in total. The third-order valence-electron chi connectivity index (χ3n) is 3.44. The summed E-state index contributed by atoms with van der Waals surface area (Å²) in [6.45, 7) is 3.35.